The van der Waals surface area contributed by atoms with E-state index in [1.54, 1.807) is 30.3 Å². The van der Waals surface area contributed by atoms with Gasteiger partial charge < -0.3 is 15.7 Å². The van der Waals surface area contributed by atoms with Crippen LogP contribution in [-0.2, 0) is 10.0 Å². The second kappa shape index (κ2) is 8.84. The zero-order valence-corrected chi connectivity index (χ0v) is 20.9. The average molecular weight is 496 g/mol. The quantitative estimate of drug-likeness (QED) is 0.489. The van der Waals surface area contributed by atoms with Crippen molar-refractivity contribution in [1.29, 1.82) is 0 Å². The number of hydrogen-bond acceptors (Lipinski definition) is 8. The van der Waals surface area contributed by atoms with Crippen molar-refractivity contribution in [2.45, 2.75) is 44.6 Å². The molecule has 4 N–H and O–H groups in total. The van der Waals surface area contributed by atoms with Gasteiger partial charge in [0.05, 0.1) is 11.3 Å². The fraction of sp³-hybridized carbons (Fsp3) is 0.320. The van der Waals surface area contributed by atoms with Crippen molar-refractivity contribution in [1.82, 2.24) is 14.7 Å². The van der Waals surface area contributed by atoms with Gasteiger partial charge in [-0.25, -0.2) is 23.1 Å². The van der Waals surface area contributed by atoms with Crippen LogP contribution >= 0.6 is 0 Å². The van der Waals surface area contributed by atoms with Crippen LogP contribution in [0.4, 0.5) is 11.6 Å². The highest BCUT2D eigenvalue weighted by Crippen LogP contribution is 2.38. The SMILES string of the molecule is Cc1cc(O)ccc1-c1ccc(C(=O)NS(=O)(=O)c2cccnc2N)c(N2C[C@@H](C)CC2(C)C)n1. The van der Waals surface area contributed by atoms with Crippen LogP contribution in [0.25, 0.3) is 11.3 Å². The number of nitrogen functional groups attached to an aromatic ring is 1. The van der Waals surface area contributed by atoms with Gasteiger partial charge in [0.25, 0.3) is 15.9 Å². The van der Waals surface area contributed by atoms with Crippen LogP contribution in [0.3, 0.4) is 0 Å². The van der Waals surface area contributed by atoms with Crippen molar-refractivity contribution in [2.75, 3.05) is 17.2 Å². The normalized spacial score (nSPS) is 17.4. The molecule has 1 fully saturated rings. The van der Waals surface area contributed by atoms with Crippen LogP contribution in [0.15, 0.2) is 53.6 Å². The number of aromatic nitrogens is 2. The largest absolute Gasteiger partial charge is 0.508 e. The highest BCUT2D eigenvalue weighted by Gasteiger charge is 2.39. The molecule has 1 atom stereocenters. The van der Waals surface area contributed by atoms with E-state index >= 15 is 0 Å². The van der Waals surface area contributed by atoms with Crippen LogP contribution < -0.4 is 15.4 Å². The first kappa shape index (κ1) is 24.5. The molecule has 3 heterocycles. The summed E-state index contributed by atoms with van der Waals surface area (Å²) in [4.78, 5) is 23.7. The Labute approximate surface area is 205 Å². The minimum absolute atomic E-state index is 0.137. The summed E-state index contributed by atoms with van der Waals surface area (Å²) in [7, 11) is -4.25. The number of carbonyl (C=O) groups excluding carboxylic acids is 1. The number of carbonyl (C=O) groups is 1. The number of nitrogens with zero attached hydrogens (tertiary/aromatic N) is 3. The predicted molar refractivity (Wildman–Crippen MR) is 135 cm³/mol. The molecule has 10 heteroatoms. The third-order valence-electron chi connectivity index (χ3n) is 6.25. The van der Waals surface area contributed by atoms with Crippen molar-refractivity contribution in [3.05, 3.63) is 59.8 Å². The first-order valence-electron chi connectivity index (χ1n) is 11.3. The molecule has 35 heavy (non-hydrogen) atoms. The molecule has 9 nitrogen and oxygen atoms in total. The van der Waals surface area contributed by atoms with Gasteiger partial charge >= 0.3 is 0 Å². The number of amides is 1. The van der Waals surface area contributed by atoms with Crippen molar-refractivity contribution >= 4 is 27.6 Å². The highest BCUT2D eigenvalue weighted by atomic mass is 32.2. The standard InChI is InChI=1S/C25H29N5O4S/c1-15-13-25(3,4)30(14-15)23-19(9-10-20(28-23)18-8-7-17(31)12-16(18)2)24(32)29-35(33,34)21-6-5-11-27-22(21)26/h5-12,15,31H,13-14H2,1-4H3,(H2,26,27)(H,29,32)/t15-/m0/s1. The van der Waals surface area contributed by atoms with Gasteiger partial charge in [0.15, 0.2) is 0 Å². The van der Waals surface area contributed by atoms with E-state index in [1.807, 2.05) is 6.92 Å². The van der Waals surface area contributed by atoms with Crippen molar-refractivity contribution in [3.8, 4) is 17.0 Å². The van der Waals surface area contributed by atoms with E-state index < -0.39 is 15.9 Å². The van der Waals surface area contributed by atoms with Crippen LogP contribution in [0.5, 0.6) is 5.75 Å². The van der Waals surface area contributed by atoms with E-state index in [1.165, 1.54) is 18.3 Å². The second-order valence-electron chi connectivity index (χ2n) is 9.62. The summed E-state index contributed by atoms with van der Waals surface area (Å²) < 4.78 is 27.9. The number of benzene rings is 1. The lowest BCUT2D eigenvalue weighted by Crippen LogP contribution is -2.41. The number of nitrogens with one attached hydrogen (secondary N) is 1. The fourth-order valence-electron chi connectivity index (χ4n) is 4.74. The minimum Gasteiger partial charge on any atom is -0.508 e. The van der Waals surface area contributed by atoms with E-state index in [9.17, 15) is 18.3 Å². The number of aromatic hydroxyl groups is 1. The summed E-state index contributed by atoms with van der Waals surface area (Å²) in [5.41, 5.74) is 7.81. The molecule has 1 aliphatic heterocycles. The number of hydrogen-bond donors (Lipinski definition) is 3. The monoisotopic (exact) mass is 495 g/mol. The molecule has 0 radical (unpaired) electrons. The lowest BCUT2D eigenvalue weighted by atomic mass is 9.97. The Kier molecular flexibility index (Phi) is 6.18. The minimum atomic E-state index is -4.25. The number of aryl methyl sites for hydroxylation is 1. The molecule has 1 amide bonds. The van der Waals surface area contributed by atoms with Crippen LogP contribution in [-0.4, -0.2) is 41.5 Å². The number of phenols is 1. The molecule has 1 aliphatic rings. The Morgan fingerprint density at radius 1 is 1.23 bits per heavy atom. The predicted octanol–water partition coefficient (Wildman–Crippen LogP) is 3.48. The van der Waals surface area contributed by atoms with Crippen molar-refractivity contribution in [3.63, 3.8) is 0 Å². The maximum absolute atomic E-state index is 13.3. The molecule has 0 saturated carbocycles. The third-order valence-corrected chi connectivity index (χ3v) is 7.63. The Morgan fingerprint density at radius 3 is 2.60 bits per heavy atom. The van der Waals surface area contributed by atoms with Gasteiger partial charge in [-0.1, -0.05) is 6.92 Å². The van der Waals surface area contributed by atoms with Gasteiger partial charge in [-0.3, -0.25) is 4.79 Å². The molecule has 1 aromatic carbocycles. The Hall–Kier alpha value is -3.66. The first-order chi connectivity index (χ1) is 16.4. The van der Waals surface area contributed by atoms with Gasteiger partial charge in [-0.05, 0) is 81.1 Å². The molecule has 1 saturated heterocycles. The number of pyridine rings is 2. The lowest BCUT2D eigenvalue weighted by Gasteiger charge is -2.34. The Balaban J connectivity index is 1.80. The lowest BCUT2D eigenvalue weighted by molar-refractivity contribution is 0.0981. The molecule has 0 aliphatic carbocycles. The Bertz CT molecular complexity index is 1400. The van der Waals surface area contributed by atoms with Gasteiger partial charge in [0.1, 0.15) is 22.3 Å². The zero-order chi connectivity index (χ0) is 25.5. The summed E-state index contributed by atoms with van der Waals surface area (Å²) in [6.45, 7) is 8.81. The molecule has 2 aromatic heterocycles. The molecular formula is C25H29N5O4S. The molecule has 184 valence electrons. The highest BCUT2D eigenvalue weighted by molar-refractivity contribution is 7.90. The summed E-state index contributed by atoms with van der Waals surface area (Å²) in [5, 5.41) is 9.80. The third kappa shape index (κ3) is 4.79. The molecule has 3 aromatic rings. The maximum atomic E-state index is 13.3. The van der Waals surface area contributed by atoms with E-state index in [2.05, 4.69) is 35.4 Å². The van der Waals surface area contributed by atoms with Crippen LogP contribution in [0.1, 0.15) is 43.1 Å². The maximum Gasteiger partial charge on any atom is 0.268 e. The van der Waals surface area contributed by atoms with Crippen molar-refractivity contribution < 1.29 is 18.3 Å². The first-order valence-corrected chi connectivity index (χ1v) is 12.7. The number of nitrogens with two attached hydrogens (primary N) is 1. The van der Waals surface area contributed by atoms with Crippen molar-refractivity contribution in [2.24, 2.45) is 5.92 Å². The number of anilines is 2. The van der Waals surface area contributed by atoms with Gasteiger partial charge in [0, 0.05) is 23.8 Å². The van der Waals surface area contributed by atoms with Gasteiger partial charge in [-0.15, -0.1) is 0 Å². The smallest absolute Gasteiger partial charge is 0.268 e. The molecule has 0 spiro atoms. The zero-order valence-electron chi connectivity index (χ0n) is 20.1. The summed E-state index contributed by atoms with van der Waals surface area (Å²) in [6.07, 6.45) is 2.27. The summed E-state index contributed by atoms with van der Waals surface area (Å²) in [5.74, 6) is -0.0902. The van der Waals surface area contributed by atoms with E-state index in [-0.39, 0.29) is 27.6 Å². The Morgan fingerprint density at radius 2 is 1.97 bits per heavy atom. The second-order valence-corrected chi connectivity index (χ2v) is 11.3. The topological polar surface area (TPSA) is 139 Å². The summed E-state index contributed by atoms with van der Waals surface area (Å²) >= 11 is 0. The van der Waals surface area contributed by atoms with Crippen LogP contribution in [0, 0.1) is 12.8 Å². The van der Waals surface area contributed by atoms with Gasteiger partial charge in [-0.2, -0.15) is 0 Å². The van der Waals surface area contributed by atoms with E-state index in [0.717, 1.165) is 17.5 Å². The van der Waals surface area contributed by atoms with Crippen LogP contribution in [0.2, 0.25) is 0 Å². The molecule has 0 unspecified atom stereocenters. The molecular weight excluding hydrogens is 466 g/mol. The number of sulfonamides is 1. The number of phenolic OH excluding ortho intramolecular Hbond substituents is 1. The van der Waals surface area contributed by atoms with E-state index in [4.69, 9.17) is 10.7 Å². The number of rotatable bonds is 5. The van der Waals surface area contributed by atoms with Gasteiger partial charge in [0.2, 0.25) is 0 Å². The summed E-state index contributed by atoms with van der Waals surface area (Å²) in [6, 6.07) is 11.0. The average Bonchev–Trinajstić information content (AvgIpc) is 3.05. The van der Waals surface area contributed by atoms with E-state index in [0.29, 0.717) is 24.0 Å². The fourth-order valence-corrected chi connectivity index (χ4v) is 5.79. The molecule has 4 rings (SSSR count). The molecule has 0 bridgehead atoms.